The molecule has 0 aromatic heterocycles. The minimum Gasteiger partial charge on any atom is -0.490 e. The molecule has 2 aromatic rings. The SMILES string of the molecule is O=S(=O)(O)C[C@@H]1CNCC[N@@+]1(CS(=O)(=O)O)C1c2ccccc2OCC1OCc1cc(F)cc(F)c1. The van der Waals surface area contributed by atoms with Crippen molar-refractivity contribution in [3.63, 3.8) is 0 Å². The molecule has 4 rings (SSSR count). The number of piperazine rings is 1. The highest BCUT2D eigenvalue weighted by Crippen LogP contribution is 2.44. The molecule has 0 amide bonds. The monoisotopic (exact) mass is 549 g/mol. The first-order valence-corrected chi connectivity index (χ1v) is 14.3. The first-order chi connectivity index (χ1) is 16.9. The number of halogens is 2. The van der Waals surface area contributed by atoms with Crippen molar-refractivity contribution in [1.29, 1.82) is 0 Å². The Bertz CT molecular complexity index is 1300. The van der Waals surface area contributed by atoms with Gasteiger partial charge in [0.05, 0.1) is 18.7 Å². The Kier molecular flexibility index (Phi) is 7.67. The minimum absolute atomic E-state index is 0.0384. The van der Waals surface area contributed by atoms with Crippen molar-refractivity contribution in [2.24, 2.45) is 0 Å². The van der Waals surface area contributed by atoms with Gasteiger partial charge in [-0.05, 0) is 29.8 Å². The third-order valence-electron chi connectivity index (χ3n) is 6.55. The number of nitrogens with one attached hydrogen (secondary N) is 1. The van der Waals surface area contributed by atoms with E-state index < -0.39 is 66.2 Å². The zero-order valence-electron chi connectivity index (χ0n) is 19.1. The lowest BCUT2D eigenvalue weighted by Gasteiger charge is -2.54. The number of hydrogen-bond acceptors (Lipinski definition) is 7. The Hall–Kier alpha value is -2.20. The van der Waals surface area contributed by atoms with E-state index in [1.54, 1.807) is 24.3 Å². The van der Waals surface area contributed by atoms with Gasteiger partial charge in [-0.25, -0.2) is 8.78 Å². The van der Waals surface area contributed by atoms with Crippen molar-refractivity contribution in [3.05, 3.63) is 65.2 Å². The lowest BCUT2D eigenvalue weighted by Crippen LogP contribution is -2.71. The first kappa shape index (κ1) is 26.9. The van der Waals surface area contributed by atoms with Crippen LogP contribution in [0.4, 0.5) is 8.78 Å². The fraction of sp³-hybridized carbons (Fsp3) is 0.455. The Morgan fingerprint density at radius 3 is 2.42 bits per heavy atom. The maximum atomic E-state index is 13.7. The smallest absolute Gasteiger partial charge is 0.316 e. The summed E-state index contributed by atoms with van der Waals surface area (Å²) in [6.07, 6.45) is -0.894. The summed E-state index contributed by atoms with van der Waals surface area (Å²) in [6.45, 7) is 0.0916. The van der Waals surface area contributed by atoms with Crippen molar-refractivity contribution in [2.45, 2.75) is 24.8 Å². The van der Waals surface area contributed by atoms with Crippen molar-refractivity contribution in [3.8, 4) is 5.75 Å². The molecule has 0 radical (unpaired) electrons. The maximum Gasteiger partial charge on any atom is 0.316 e. The molecule has 36 heavy (non-hydrogen) atoms. The van der Waals surface area contributed by atoms with Crippen molar-refractivity contribution in [2.75, 3.05) is 37.9 Å². The van der Waals surface area contributed by atoms with Crippen LogP contribution in [0.3, 0.4) is 0 Å². The van der Waals surface area contributed by atoms with Gasteiger partial charge in [-0.1, -0.05) is 12.1 Å². The number of ether oxygens (including phenoxy) is 2. The summed E-state index contributed by atoms with van der Waals surface area (Å²) >= 11 is 0. The molecule has 0 bridgehead atoms. The molecule has 4 atom stereocenters. The summed E-state index contributed by atoms with van der Waals surface area (Å²) in [5, 5.41) is 3.02. The second-order valence-corrected chi connectivity index (χ2v) is 12.0. The Balaban J connectivity index is 1.81. The highest BCUT2D eigenvalue weighted by Gasteiger charge is 2.55. The van der Waals surface area contributed by atoms with Crippen LogP contribution in [-0.4, -0.2) is 80.4 Å². The first-order valence-electron chi connectivity index (χ1n) is 11.1. The van der Waals surface area contributed by atoms with E-state index >= 15 is 0 Å². The van der Waals surface area contributed by atoms with Crippen LogP contribution in [0, 0.1) is 11.6 Å². The third kappa shape index (κ3) is 6.19. The number of benzene rings is 2. The molecule has 2 aromatic carbocycles. The second-order valence-electron chi connectivity index (χ2n) is 9.06. The molecule has 1 fully saturated rings. The van der Waals surface area contributed by atoms with Crippen LogP contribution in [0.15, 0.2) is 42.5 Å². The number of rotatable bonds is 8. The van der Waals surface area contributed by atoms with Crippen LogP contribution in [-0.2, 0) is 31.6 Å². The fourth-order valence-corrected chi connectivity index (χ4v) is 7.26. The molecule has 2 unspecified atom stereocenters. The lowest BCUT2D eigenvalue weighted by molar-refractivity contribution is -0.972. The van der Waals surface area contributed by atoms with Crippen molar-refractivity contribution < 1.29 is 48.7 Å². The largest absolute Gasteiger partial charge is 0.490 e. The van der Waals surface area contributed by atoms with Gasteiger partial charge in [0.25, 0.3) is 10.1 Å². The van der Waals surface area contributed by atoms with E-state index in [0.717, 1.165) is 18.2 Å². The molecular formula is C22H27F2N2O8S2+. The van der Waals surface area contributed by atoms with Crippen molar-refractivity contribution >= 4 is 20.2 Å². The van der Waals surface area contributed by atoms with Gasteiger partial charge in [0.2, 0.25) is 5.88 Å². The average molecular weight is 550 g/mol. The number of quaternary nitrogens is 1. The second kappa shape index (κ2) is 10.3. The highest BCUT2D eigenvalue weighted by atomic mass is 32.2. The lowest BCUT2D eigenvalue weighted by atomic mass is 9.91. The van der Waals surface area contributed by atoms with Crippen LogP contribution >= 0.6 is 0 Å². The normalized spacial score (nSPS) is 26.7. The molecule has 0 spiro atoms. The molecule has 0 aliphatic carbocycles. The molecule has 14 heteroatoms. The van der Waals surface area contributed by atoms with E-state index in [9.17, 15) is 34.7 Å². The third-order valence-corrected chi connectivity index (χ3v) is 8.16. The maximum absolute atomic E-state index is 13.7. The molecule has 2 aliphatic heterocycles. The summed E-state index contributed by atoms with van der Waals surface area (Å²) in [4.78, 5) is 0. The van der Waals surface area contributed by atoms with Crippen LogP contribution in [0.1, 0.15) is 17.2 Å². The van der Waals surface area contributed by atoms with E-state index in [0.29, 0.717) is 17.9 Å². The van der Waals surface area contributed by atoms with Crippen LogP contribution < -0.4 is 10.1 Å². The molecule has 3 N–H and O–H groups in total. The molecule has 0 saturated carbocycles. The van der Waals surface area contributed by atoms with Gasteiger partial charge in [0, 0.05) is 19.2 Å². The number of hydrogen-bond donors (Lipinski definition) is 3. The zero-order chi connectivity index (χ0) is 26.1. The quantitative estimate of drug-likeness (QED) is 0.330. The number of nitrogens with zero attached hydrogens (tertiary/aromatic N) is 1. The number of fused-ring (bicyclic) bond motifs is 1. The molecule has 198 valence electrons. The van der Waals surface area contributed by atoms with Gasteiger partial charge in [-0.2, -0.15) is 16.8 Å². The minimum atomic E-state index is -4.65. The molecule has 2 heterocycles. The summed E-state index contributed by atoms with van der Waals surface area (Å²) in [5.74, 6) is -2.77. The Morgan fingerprint density at radius 1 is 1.06 bits per heavy atom. The van der Waals surface area contributed by atoms with Gasteiger partial charge < -0.3 is 14.8 Å². The van der Waals surface area contributed by atoms with Crippen LogP contribution in [0.5, 0.6) is 5.75 Å². The van der Waals surface area contributed by atoms with Gasteiger partial charge in [-0.3, -0.25) is 13.6 Å². The van der Waals surface area contributed by atoms with E-state index in [-0.39, 0.29) is 31.9 Å². The van der Waals surface area contributed by atoms with Crippen LogP contribution in [0.25, 0.3) is 0 Å². The van der Waals surface area contributed by atoms with E-state index in [2.05, 4.69) is 5.32 Å². The molecule has 1 saturated heterocycles. The van der Waals surface area contributed by atoms with E-state index in [1.165, 1.54) is 0 Å². The van der Waals surface area contributed by atoms with E-state index in [1.807, 2.05) is 0 Å². The Labute approximate surface area is 207 Å². The van der Waals surface area contributed by atoms with Gasteiger partial charge in [0.1, 0.15) is 47.9 Å². The van der Waals surface area contributed by atoms with E-state index in [4.69, 9.17) is 9.47 Å². The summed E-state index contributed by atoms with van der Waals surface area (Å²) in [7, 11) is -9.19. The summed E-state index contributed by atoms with van der Waals surface area (Å²) < 4.78 is 107. The predicted molar refractivity (Wildman–Crippen MR) is 124 cm³/mol. The standard InChI is InChI=1S/C22H26F2N2O8S2/c23-16-7-15(8-17(24)9-16)11-33-21-12-34-20-4-2-1-3-19(20)22(21)26(14-36(30,31)32)6-5-25-10-18(26)13-35(27,28)29/h1-4,7-9,18,21-22,25H,5-6,10-14H2,(H-,27,28,29,30,31,32)/p+1/t18-,21?,22?,26-/m0/s1. The van der Waals surface area contributed by atoms with Crippen molar-refractivity contribution in [1.82, 2.24) is 5.32 Å². The van der Waals surface area contributed by atoms with Gasteiger partial charge in [-0.15, -0.1) is 0 Å². The molecular weight excluding hydrogens is 522 g/mol. The number of para-hydroxylation sites is 1. The average Bonchev–Trinajstić information content (AvgIpc) is 2.76. The molecule has 2 aliphatic rings. The van der Waals surface area contributed by atoms with Crippen LogP contribution in [0.2, 0.25) is 0 Å². The molecule has 10 nitrogen and oxygen atoms in total. The van der Waals surface area contributed by atoms with Gasteiger partial charge in [0.15, 0.2) is 0 Å². The summed E-state index contributed by atoms with van der Waals surface area (Å²) in [5.41, 5.74) is 0.714. The topological polar surface area (TPSA) is 139 Å². The van der Waals surface area contributed by atoms with Gasteiger partial charge >= 0.3 is 10.1 Å². The predicted octanol–water partition coefficient (Wildman–Crippen LogP) is 1.51. The Morgan fingerprint density at radius 2 is 1.75 bits per heavy atom. The highest BCUT2D eigenvalue weighted by molar-refractivity contribution is 7.86. The zero-order valence-corrected chi connectivity index (χ0v) is 20.7. The fourth-order valence-electron chi connectivity index (χ4n) is 5.26. The summed E-state index contributed by atoms with van der Waals surface area (Å²) in [6, 6.07) is 7.86.